The Morgan fingerprint density at radius 3 is 2.85 bits per heavy atom. The van der Waals surface area contributed by atoms with E-state index in [9.17, 15) is 0 Å². The molecule has 0 saturated heterocycles. The number of hydrogen-bond acceptors (Lipinski definition) is 0. The predicted molar refractivity (Wildman–Crippen MR) is 58.8 cm³/mol. The Kier molecular flexibility index (Phi) is 3.56. The molecular weight excluding hydrogens is 158 g/mol. The Balaban J connectivity index is 0.000000396. The second-order valence-electron chi connectivity index (χ2n) is 2.86. The topological polar surface area (TPSA) is 15.8 Å². The highest BCUT2D eigenvalue weighted by atomic mass is 14.7. The maximum atomic E-state index is 3.31. The van der Waals surface area contributed by atoms with Gasteiger partial charge in [-0.3, -0.25) is 0 Å². The van der Waals surface area contributed by atoms with Gasteiger partial charge >= 0.3 is 0 Å². The Morgan fingerprint density at radius 1 is 1.31 bits per heavy atom. The van der Waals surface area contributed by atoms with Crippen LogP contribution in [0.1, 0.15) is 26.0 Å². The maximum Gasteiger partial charge on any atom is 0.0418 e. The zero-order valence-electron chi connectivity index (χ0n) is 8.59. The van der Waals surface area contributed by atoms with Crippen molar-refractivity contribution >= 4 is 12.2 Å². The highest BCUT2D eigenvalue weighted by molar-refractivity contribution is 5.43. The summed E-state index contributed by atoms with van der Waals surface area (Å²) in [6.45, 7) is 6.08. The largest absolute Gasteiger partial charge is 0.359 e. The maximum absolute atomic E-state index is 3.31. The van der Waals surface area contributed by atoms with Gasteiger partial charge in [0.2, 0.25) is 0 Å². The fraction of sp³-hybridized carbons (Fsp3) is 0.333. The van der Waals surface area contributed by atoms with Crippen molar-refractivity contribution in [2.24, 2.45) is 0 Å². The molecule has 0 saturated carbocycles. The van der Waals surface area contributed by atoms with Crippen molar-refractivity contribution in [3.05, 3.63) is 34.5 Å². The van der Waals surface area contributed by atoms with Crippen molar-refractivity contribution in [1.29, 1.82) is 0 Å². The third-order valence-electron chi connectivity index (χ3n) is 1.88. The van der Waals surface area contributed by atoms with Crippen LogP contribution in [-0.2, 0) is 0 Å². The smallest absolute Gasteiger partial charge is 0.0418 e. The molecule has 0 fully saturated rings. The highest BCUT2D eigenvalue weighted by Gasteiger charge is 1.90. The van der Waals surface area contributed by atoms with Gasteiger partial charge in [0, 0.05) is 11.0 Å². The van der Waals surface area contributed by atoms with Crippen LogP contribution in [0.2, 0.25) is 0 Å². The summed E-state index contributed by atoms with van der Waals surface area (Å²) in [4.78, 5) is 3.31. The summed E-state index contributed by atoms with van der Waals surface area (Å²) in [6, 6.07) is 2.17. The molecule has 0 spiro atoms. The van der Waals surface area contributed by atoms with Crippen LogP contribution < -0.4 is 10.6 Å². The van der Waals surface area contributed by atoms with Crippen LogP contribution in [0, 0.1) is 6.92 Å². The van der Waals surface area contributed by atoms with Crippen LogP contribution in [0.5, 0.6) is 0 Å². The van der Waals surface area contributed by atoms with Crippen molar-refractivity contribution in [2.75, 3.05) is 0 Å². The minimum absolute atomic E-state index is 1.03. The molecule has 1 N–H and O–H groups in total. The fourth-order valence-electron chi connectivity index (χ4n) is 1.37. The molecular formula is C12H17N. The van der Waals surface area contributed by atoms with Crippen LogP contribution in [0.3, 0.4) is 0 Å². The molecule has 1 aromatic heterocycles. The molecule has 1 heteroatoms. The molecule has 0 aromatic carbocycles. The van der Waals surface area contributed by atoms with E-state index in [4.69, 9.17) is 0 Å². The van der Waals surface area contributed by atoms with Gasteiger partial charge in [0.25, 0.3) is 0 Å². The number of nitrogens with one attached hydrogen (secondary N) is 1. The van der Waals surface area contributed by atoms with E-state index in [1.807, 2.05) is 13.8 Å². The summed E-state index contributed by atoms with van der Waals surface area (Å²) in [6.07, 6.45) is 9.65. The quantitative estimate of drug-likeness (QED) is 0.619. The molecule has 1 aromatic rings. The van der Waals surface area contributed by atoms with E-state index in [1.54, 1.807) is 0 Å². The Hall–Kier alpha value is -1.24. The van der Waals surface area contributed by atoms with Crippen molar-refractivity contribution in [1.82, 2.24) is 4.98 Å². The van der Waals surface area contributed by atoms with Gasteiger partial charge in [-0.1, -0.05) is 38.2 Å². The molecule has 1 nitrogen and oxygen atoms in total. The summed E-state index contributed by atoms with van der Waals surface area (Å²) in [7, 11) is 0. The number of aromatic nitrogens is 1. The van der Waals surface area contributed by atoms with Gasteiger partial charge in [0.1, 0.15) is 0 Å². The van der Waals surface area contributed by atoms with Crippen molar-refractivity contribution in [3.63, 3.8) is 0 Å². The molecule has 0 aliphatic heterocycles. The molecule has 1 aliphatic carbocycles. The van der Waals surface area contributed by atoms with Crippen molar-refractivity contribution in [2.45, 2.75) is 27.2 Å². The minimum atomic E-state index is 1.03. The van der Waals surface area contributed by atoms with Gasteiger partial charge in [-0.25, -0.2) is 0 Å². The Labute approximate surface area is 79.5 Å². The Bertz CT molecular complexity index is 393. The first-order valence-electron chi connectivity index (χ1n) is 4.89. The molecule has 0 amide bonds. The number of rotatable bonds is 0. The Morgan fingerprint density at radius 2 is 2.08 bits per heavy atom. The number of fused-ring (bicyclic) bond motifs is 1. The highest BCUT2D eigenvalue weighted by Crippen LogP contribution is 1.89. The van der Waals surface area contributed by atoms with E-state index in [1.165, 1.54) is 16.3 Å². The van der Waals surface area contributed by atoms with Gasteiger partial charge < -0.3 is 4.98 Å². The molecule has 0 unspecified atom stereocenters. The third-order valence-corrected chi connectivity index (χ3v) is 1.88. The van der Waals surface area contributed by atoms with Gasteiger partial charge in [-0.15, -0.1) is 0 Å². The molecule has 1 heterocycles. The molecule has 1 aliphatic rings. The normalized spacial score (nSPS) is 12.8. The van der Waals surface area contributed by atoms with Gasteiger partial charge in [-0.05, 0) is 24.6 Å². The number of allylic oxidation sites excluding steroid dienone is 2. The van der Waals surface area contributed by atoms with Gasteiger partial charge in [0.15, 0.2) is 0 Å². The van der Waals surface area contributed by atoms with Crippen molar-refractivity contribution in [3.8, 4) is 0 Å². The molecule has 0 bridgehead atoms. The summed E-state index contributed by atoms with van der Waals surface area (Å²) >= 11 is 0. The number of aryl methyl sites for hydroxylation is 1. The van der Waals surface area contributed by atoms with E-state index < -0.39 is 0 Å². The second kappa shape index (κ2) is 4.70. The molecule has 2 rings (SSSR count). The van der Waals surface area contributed by atoms with Crippen LogP contribution in [0.15, 0.2) is 18.2 Å². The first-order chi connectivity index (χ1) is 6.36. The standard InChI is InChI=1S/C10H11N.C2H6/c1-8-7-9-5-3-2-4-6-10(9)11-8;1-2/h2-3,5-7,11H,4H2,1H3;1-2H3. The van der Waals surface area contributed by atoms with E-state index in [2.05, 4.69) is 42.3 Å². The van der Waals surface area contributed by atoms with E-state index in [0.717, 1.165) is 6.42 Å². The lowest BCUT2D eigenvalue weighted by atomic mass is 10.3. The molecule has 0 atom stereocenters. The van der Waals surface area contributed by atoms with Crippen LogP contribution in [-0.4, -0.2) is 4.98 Å². The third kappa shape index (κ3) is 2.35. The lowest BCUT2D eigenvalue weighted by Gasteiger charge is -1.78. The lowest BCUT2D eigenvalue weighted by molar-refractivity contribution is 1.21. The summed E-state index contributed by atoms with van der Waals surface area (Å²) < 4.78 is 0. The molecule has 70 valence electrons. The minimum Gasteiger partial charge on any atom is -0.359 e. The monoisotopic (exact) mass is 175 g/mol. The predicted octanol–water partition coefficient (Wildman–Crippen LogP) is 1.87. The average Bonchev–Trinajstić information content (AvgIpc) is 2.36. The average molecular weight is 175 g/mol. The summed E-state index contributed by atoms with van der Waals surface area (Å²) in [5.74, 6) is 0. The van der Waals surface area contributed by atoms with Crippen LogP contribution in [0.25, 0.3) is 12.2 Å². The number of aromatic amines is 1. The summed E-state index contributed by atoms with van der Waals surface area (Å²) in [5, 5.41) is 2.56. The van der Waals surface area contributed by atoms with Gasteiger partial charge in [-0.2, -0.15) is 0 Å². The number of hydrogen-bond donors (Lipinski definition) is 1. The SMILES string of the molecule is CC.Cc1cc2c([nH]1)=CCC=CC=2. The first kappa shape index (κ1) is 9.85. The zero-order chi connectivity index (χ0) is 9.68. The van der Waals surface area contributed by atoms with E-state index >= 15 is 0 Å². The fourth-order valence-corrected chi connectivity index (χ4v) is 1.37. The zero-order valence-corrected chi connectivity index (χ0v) is 8.59. The second-order valence-corrected chi connectivity index (χ2v) is 2.86. The molecule has 13 heavy (non-hydrogen) atoms. The van der Waals surface area contributed by atoms with Crippen LogP contribution in [0.4, 0.5) is 0 Å². The van der Waals surface area contributed by atoms with Crippen LogP contribution >= 0.6 is 0 Å². The number of H-pyrrole nitrogens is 1. The first-order valence-corrected chi connectivity index (χ1v) is 4.89. The van der Waals surface area contributed by atoms with E-state index in [0.29, 0.717) is 0 Å². The van der Waals surface area contributed by atoms with Crippen molar-refractivity contribution < 1.29 is 0 Å². The van der Waals surface area contributed by atoms with E-state index in [-0.39, 0.29) is 0 Å². The lowest BCUT2D eigenvalue weighted by Crippen LogP contribution is -2.20. The van der Waals surface area contributed by atoms with Gasteiger partial charge in [0.05, 0.1) is 0 Å². The molecule has 0 radical (unpaired) electrons. The summed E-state index contributed by atoms with van der Waals surface area (Å²) in [5.41, 5.74) is 1.23.